The lowest BCUT2D eigenvalue weighted by molar-refractivity contribution is -0.120. The Morgan fingerprint density at radius 2 is 1.59 bits per heavy atom. The Kier molecular flexibility index (Phi) is 8.23. The van der Waals surface area contributed by atoms with Crippen LogP contribution in [0.25, 0.3) is 0 Å². The van der Waals surface area contributed by atoms with Crippen LogP contribution in [0.5, 0.6) is 11.5 Å². The number of hydrogen-bond donors (Lipinski definition) is 3. The Balaban J connectivity index is 2.02. The van der Waals surface area contributed by atoms with E-state index in [1.807, 2.05) is 12.1 Å². The summed E-state index contributed by atoms with van der Waals surface area (Å²) < 4.78 is 38.2. The molecule has 0 bridgehead atoms. The van der Waals surface area contributed by atoms with Crippen molar-refractivity contribution in [2.24, 2.45) is 0 Å². The molecule has 0 aliphatic rings. The zero-order chi connectivity index (χ0) is 23.9. The van der Waals surface area contributed by atoms with E-state index in [9.17, 15) is 18.0 Å². The van der Waals surface area contributed by atoms with Crippen molar-refractivity contribution in [1.29, 1.82) is 0 Å². The molecule has 2 aromatic rings. The minimum Gasteiger partial charge on any atom is -0.497 e. The molecule has 0 aliphatic carbocycles. The van der Waals surface area contributed by atoms with Gasteiger partial charge in [-0.05, 0) is 56.7 Å². The van der Waals surface area contributed by atoms with Crippen LogP contribution in [0.2, 0.25) is 0 Å². The van der Waals surface area contributed by atoms with Gasteiger partial charge in [0.25, 0.3) is 5.91 Å². The second kappa shape index (κ2) is 10.5. The predicted octanol–water partition coefficient (Wildman–Crippen LogP) is 1.83. The van der Waals surface area contributed by atoms with Gasteiger partial charge in [-0.1, -0.05) is 12.1 Å². The molecule has 0 unspecified atom stereocenters. The van der Waals surface area contributed by atoms with E-state index in [1.54, 1.807) is 40.0 Å². The summed E-state index contributed by atoms with van der Waals surface area (Å²) in [6.45, 7) is 5.15. The fourth-order valence-corrected chi connectivity index (χ4v) is 4.37. The highest BCUT2D eigenvalue weighted by Gasteiger charge is 2.26. The van der Waals surface area contributed by atoms with Gasteiger partial charge < -0.3 is 20.1 Å². The maximum absolute atomic E-state index is 12.7. The number of carbonyl (C=O) groups excluding carboxylic acids is 2. The Labute approximate surface area is 188 Å². The van der Waals surface area contributed by atoms with Crippen LogP contribution < -0.4 is 24.8 Å². The summed E-state index contributed by atoms with van der Waals surface area (Å²) in [6.07, 6.45) is 0. The molecule has 0 atom stereocenters. The van der Waals surface area contributed by atoms with Gasteiger partial charge >= 0.3 is 0 Å². The third-order valence-corrected chi connectivity index (χ3v) is 5.99. The normalized spacial score (nSPS) is 11.5. The molecule has 0 aromatic heterocycles. The molecule has 0 aliphatic heterocycles. The van der Waals surface area contributed by atoms with E-state index >= 15 is 0 Å². The third-order valence-electron chi connectivity index (χ3n) is 4.21. The van der Waals surface area contributed by atoms with Gasteiger partial charge in [0.15, 0.2) is 0 Å². The molecule has 9 nitrogen and oxygen atoms in total. The third kappa shape index (κ3) is 7.24. The van der Waals surface area contributed by atoms with Gasteiger partial charge in [-0.3, -0.25) is 9.59 Å². The summed E-state index contributed by atoms with van der Waals surface area (Å²) in [7, 11) is -1.02. The van der Waals surface area contributed by atoms with Gasteiger partial charge in [0.05, 0.1) is 20.8 Å². The lowest BCUT2D eigenvalue weighted by atomic mass is 10.1. The highest BCUT2D eigenvalue weighted by atomic mass is 32.2. The number of benzene rings is 2. The molecule has 32 heavy (non-hydrogen) atoms. The van der Waals surface area contributed by atoms with Crippen molar-refractivity contribution >= 4 is 21.8 Å². The second-order valence-electron chi connectivity index (χ2n) is 8.03. The summed E-state index contributed by atoms with van der Waals surface area (Å²) in [4.78, 5) is 24.4. The largest absolute Gasteiger partial charge is 0.497 e. The number of rotatable bonds is 9. The van der Waals surface area contributed by atoms with Gasteiger partial charge in [0.2, 0.25) is 15.9 Å². The van der Waals surface area contributed by atoms with Crippen molar-refractivity contribution < 1.29 is 27.5 Å². The number of sulfonamides is 1. The SMILES string of the molecule is COc1ccc(CNC(=O)CNC(=O)c2ccc(OC)c(S(=O)(=O)NC(C)(C)C)c2)cc1. The minimum absolute atomic E-state index is 0.0861. The molecule has 174 valence electrons. The van der Waals surface area contributed by atoms with Crippen LogP contribution in [-0.2, 0) is 21.4 Å². The molecule has 0 saturated carbocycles. The maximum atomic E-state index is 12.7. The highest BCUT2D eigenvalue weighted by molar-refractivity contribution is 7.89. The molecule has 0 saturated heterocycles. The first-order valence-corrected chi connectivity index (χ1v) is 11.3. The van der Waals surface area contributed by atoms with Gasteiger partial charge in [-0.25, -0.2) is 13.1 Å². The Bertz CT molecular complexity index is 1060. The van der Waals surface area contributed by atoms with E-state index in [4.69, 9.17) is 9.47 Å². The van der Waals surface area contributed by atoms with E-state index in [0.717, 1.165) is 5.56 Å². The van der Waals surface area contributed by atoms with Crippen molar-refractivity contribution in [3.63, 3.8) is 0 Å². The van der Waals surface area contributed by atoms with Crippen molar-refractivity contribution in [3.05, 3.63) is 53.6 Å². The topological polar surface area (TPSA) is 123 Å². The molecule has 0 heterocycles. The van der Waals surface area contributed by atoms with E-state index in [-0.39, 0.29) is 28.7 Å². The lowest BCUT2D eigenvalue weighted by Gasteiger charge is -2.21. The molecule has 2 amide bonds. The molecule has 10 heteroatoms. The Hall–Kier alpha value is -3.11. The zero-order valence-corrected chi connectivity index (χ0v) is 19.6. The molecule has 0 spiro atoms. The van der Waals surface area contributed by atoms with Crippen LogP contribution in [-0.4, -0.2) is 46.5 Å². The van der Waals surface area contributed by atoms with Crippen molar-refractivity contribution in [2.75, 3.05) is 20.8 Å². The minimum atomic E-state index is -3.94. The van der Waals surface area contributed by atoms with Crippen LogP contribution in [0.15, 0.2) is 47.4 Å². The molecular weight excluding hydrogens is 434 g/mol. The maximum Gasteiger partial charge on any atom is 0.251 e. The number of methoxy groups -OCH3 is 2. The summed E-state index contributed by atoms with van der Waals surface area (Å²) in [5.41, 5.74) is 0.245. The van der Waals surface area contributed by atoms with Crippen LogP contribution in [0.3, 0.4) is 0 Å². The van der Waals surface area contributed by atoms with Gasteiger partial charge in [0.1, 0.15) is 16.4 Å². The van der Waals surface area contributed by atoms with E-state index in [0.29, 0.717) is 12.3 Å². The standard InChI is InChI=1S/C22H29N3O6S/c1-22(2,3)25-32(28,29)19-12-16(8-11-18(19)31-5)21(27)24-14-20(26)23-13-15-6-9-17(30-4)10-7-15/h6-12,25H,13-14H2,1-5H3,(H,23,26)(H,24,27). The first kappa shape index (κ1) is 25.2. The van der Waals surface area contributed by atoms with Crippen molar-refractivity contribution in [1.82, 2.24) is 15.4 Å². The fourth-order valence-electron chi connectivity index (χ4n) is 2.76. The molecule has 2 rings (SSSR count). The molecule has 3 N–H and O–H groups in total. The second-order valence-corrected chi connectivity index (χ2v) is 9.68. The summed E-state index contributed by atoms with van der Waals surface area (Å²) in [6, 6.07) is 11.3. The average Bonchev–Trinajstić information content (AvgIpc) is 2.74. The number of ether oxygens (including phenoxy) is 2. The summed E-state index contributed by atoms with van der Waals surface area (Å²) in [5, 5.41) is 5.19. The van der Waals surface area contributed by atoms with E-state index < -0.39 is 21.5 Å². The average molecular weight is 464 g/mol. The predicted molar refractivity (Wildman–Crippen MR) is 120 cm³/mol. The Morgan fingerprint density at radius 3 is 2.16 bits per heavy atom. The number of amides is 2. The van der Waals surface area contributed by atoms with Crippen LogP contribution >= 0.6 is 0 Å². The first-order valence-electron chi connectivity index (χ1n) is 9.85. The molecule has 0 radical (unpaired) electrons. The summed E-state index contributed by atoms with van der Waals surface area (Å²) in [5.74, 6) is -0.147. The van der Waals surface area contributed by atoms with Crippen LogP contribution in [0.1, 0.15) is 36.7 Å². The fraction of sp³-hybridized carbons (Fsp3) is 0.364. The quantitative estimate of drug-likeness (QED) is 0.521. The zero-order valence-electron chi connectivity index (χ0n) is 18.8. The van der Waals surface area contributed by atoms with Crippen molar-refractivity contribution in [2.45, 2.75) is 37.8 Å². The number of nitrogens with one attached hydrogen (secondary N) is 3. The molecular formula is C22H29N3O6S. The Morgan fingerprint density at radius 1 is 0.938 bits per heavy atom. The van der Waals surface area contributed by atoms with Gasteiger partial charge in [-0.15, -0.1) is 0 Å². The monoisotopic (exact) mass is 463 g/mol. The smallest absolute Gasteiger partial charge is 0.251 e. The number of carbonyl (C=O) groups is 2. The lowest BCUT2D eigenvalue weighted by Crippen LogP contribution is -2.40. The summed E-state index contributed by atoms with van der Waals surface area (Å²) >= 11 is 0. The van der Waals surface area contributed by atoms with Crippen LogP contribution in [0.4, 0.5) is 0 Å². The van der Waals surface area contributed by atoms with E-state index in [1.165, 1.54) is 25.3 Å². The molecule has 0 fully saturated rings. The van der Waals surface area contributed by atoms with Gasteiger partial charge in [-0.2, -0.15) is 0 Å². The van der Waals surface area contributed by atoms with Crippen LogP contribution in [0, 0.1) is 0 Å². The van der Waals surface area contributed by atoms with E-state index in [2.05, 4.69) is 15.4 Å². The molecule has 2 aromatic carbocycles. The first-order chi connectivity index (χ1) is 14.9. The van der Waals surface area contributed by atoms with Crippen molar-refractivity contribution in [3.8, 4) is 11.5 Å². The number of hydrogen-bond acceptors (Lipinski definition) is 6. The van der Waals surface area contributed by atoms with Gasteiger partial charge in [0, 0.05) is 17.6 Å². The highest BCUT2D eigenvalue weighted by Crippen LogP contribution is 2.26.